The number of aryl methyl sites for hydroxylation is 2. The molecule has 2 aromatic heterocycles. The van der Waals surface area contributed by atoms with Crippen LogP contribution in [0.1, 0.15) is 16.7 Å². The third-order valence-corrected chi connectivity index (χ3v) is 5.18. The molecule has 0 saturated heterocycles. The highest BCUT2D eigenvalue weighted by atomic mass is 32.2. The summed E-state index contributed by atoms with van der Waals surface area (Å²) in [5.74, 6) is 1.80. The van der Waals surface area contributed by atoms with Crippen LogP contribution in [-0.4, -0.2) is 36.7 Å². The van der Waals surface area contributed by atoms with Crippen LogP contribution in [0.25, 0.3) is 6.08 Å². The first-order valence-corrected chi connectivity index (χ1v) is 11.0. The summed E-state index contributed by atoms with van der Waals surface area (Å²) in [5.41, 5.74) is 3.03. The number of hydrogen-bond donors (Lipinski definition) is 3. The van der Waals surface area contributed by atoms with Gasteiger partial charge in [0.05, 0.1) is 0 Å². The lowest BCUT2D eigenvalue weighted by Gasteiger charge is -2.07. The summed E-state index contributed by atoms with van der Waals surface area (Å²) in [7, 11) is -3.51. The quantitative estimate of drug-likeness (QED) is 0.453. The van der Waals surface area contributed by atoms with Crippen molar-refractivity contribution in [1.82, 2.24) is 19.9 Å². The van der Waals surface area contributed by atoms with Crippen molar-refractivity contribution in [1.29, 1.82) is 0 Å². The average Bonchev–Trinajstić information content (AvgIpc) is 2.74. The molecule has 9 heteroatoms. The standard InChI is InChI=1S/C21H24N6O2S/c1-16-3-6-18(7-4-16)11-14-30(28,29)24-13-12-22-20-9-10-21(27-26-20)25-19-8-5-17(2)15-23-19/h3-11,14-15,24H,12-13H2,1-2H3,(H,22,26)(H,23,25,27)/b14-11+. The highest BCUT2D eigenvalue weighted by molar-refractivity contribution is 7.92. The van der Waals surface area contributed by atoms with E-state index < -0.39 is 10.0 Å². The third-order valence-electron chi connectivity index (χ3n) is 4.08. The highest BCUT2D eigenvalue weighted by Crippen LogP contribution is 2.12. The van der Waals surface area contributed by atoms with Crippen molar-refractivity contribution in [3.05, 3.63) is 76.8 Å². The van der Waals surface area contributed by atoms with Gasteiger partial charge in [-0.05, 0) is 49.2 Å². The number of nitrogens with zero attached hydrogens (tertiary/aromatic N) is 3. The number of sulfonamides is 1. The summed E-state index contributed by atoms with van der Waals surface area (Å²) in [4.78, 5) is 4.25. The minimum atomic E-state index is -3.51. The minimum absolute atomic E-state index is 0.218. The molecule has 0 aliphatic rings. The van der Waals surface area contributed by atoms with Gasteiger partial charge in [-0.3, -0.25) is 0 Å². The molecule has 3 aromatic rings. The molecule has 0 fully saturated rings. The molecule has 0 atom stereocenters. The van der Waals surface area contributed by atoms with E-state index in [1.54, 1.807) is 24.4 Å². The number of aromatic nitrogens is 3. The molecule has 0 saturated carbocycles. The first-order chi connectivity index (χ1) is 14.4. The molecule has 0 spiro atoms. The van der Waals surface area contributed by atoms with E-state index in [9.17, 15) is 8.42 Å². The summed E-state index contributed by atoms with van der Waals surface area (Å²) in [6.45, 7) is 4.54. The monoisotopic (exact) mass is 424 g/mol. The fraction of sp³-hybridized carbons (Fsp3) is 0.190. The van der Waals surface area contributed by atoms with Crippen molar-refractivity contribution in [3.63, 3.8) is 0 Å². The molecule has 0 amide bonds. The van der Waals surface area contributed by atoms with Gasteiger partial charge in [0, 0.05) is 24.7 Å². The van der Waals surface area contributed by atoms with Crippen molar-refractivity contribution in [2.75, 3.05) is 23.7 Å². The summed E-state index contributed by atoms with van der Waals surface area (Å²) >= 11 is 0. The van der Waals surface area contributed by atoms with Crippen LogP contribution in [0.5, 0.6) is 0 Å². The molecular weight excluding hydrogens is 400 g/mol. The van der Waals surface area contributed by atoms with Crippen molar-refractivity contribution in [2.24, 2.45) is 0 Å². The van der Waals surface area contributed by atoms with Crippen LogP contribution in [0, 0.1) is 13.8 Å². The summed E-state index contributed by atoms with van der Waals surface area (Å²) in [6.07, 6.45) is 3.33. The fourth-order valence-electron chi connectivity index (χ4n) is 2.44. The Kier molecular flexibility index (Phi) is 7.10. The van der Waals surface area contributed by atoms with E-state index in [2.05, 4.69) is 30.5 Å². The average molecular weight is 425 g/mol. The molecule has 0 aliphatic heterocycles. The maximum absolute atomic E-state index is 12.1. The Morgan fingerprint density at radius 1 is 0.833 bits per heavy atom. The summed E-state index contributed by atoms with van der Waals surface area (Å²) < 4.78 is 26.6. The predicted octanol–water partition coefficient (Wildman–Crippen LogP) is 3.23. The van der Waals surface area contributed by atoms with Crippen molar-refractivity contribution in [2.45, 2.75) is 13.8 Å². The minimum Gasteiger partial charge on any atom is -0.367 e. The Morgan fingerprint density at radius 2 is 1.50 bits per heavy atom. The van der Waals surface area contributed by atoms with Crippen molar-refractivity contribution < 1.29 is 8.42 Å². The van der Waals surface area contributed by atoms with Crippen LogP contribution in [0.15, 0.2) is 60.1 Å². The summed E-state index contributed by atoms with van der Waals surface area (Å²) in [5, 5.41) is 15.4. The van der Waals surface area contributed by atoms with Crippen LogP contribution in [0.4, 0.5) is 17.5 Å². The maximum Gasteiger partial charge on any atom is 0.233 e. The van der Waals surface area contributed by atoms with Gasteiger partial charge in [-0.25, -0.2) is 18.1 Å². The number of rotatable bonds is 9. The molecule has 3 rings (SSSR count). The molecular formula is C21H24N6O2S. The van der Waals surface area contributed by atoms with Gasteiger partial charge in [-0.2, -0.15) is 0 Å². The largest absolute Gasteiger partial charge is 0.367 e. The number of benzene rings is 1. The van der Waals surface area contributed by atoms with Gasteiger partial charge < -0.3 is 10.6 Å². The van der Waals surface area contributed by atoms with Crippen LogP contribution >= 0.6 is 0 Å². The zero-order valence-corrected chi connectivity index (χ0v) is 17.6. The van der Waals surface area contributed by atoms with Crippen LogP contribution in [0.2, 0.25) is 0 Å². The maximum atomic E-state index is 12.1. The Hall–Kier alpha value is -3.30. The third kappa shape index (κ3) is 6.94. The lowest BCUT2D eigenvalue weighted by Crippen LogP contribution is -2.27. The lowest BCUT2D eigenvalue weighted by atomic mass is 10.2. The van der Waals surface area contributed by atoms with Crippen LogP contribution in [0.3, 0.4) is 0 Å². The van der Waals surface area contributed by atoms with E-state index in [0.29, 0.717) is 24.0 Å². The van der Waals surface area contributed by atoms with Gasteiger partial charge in [-0.1, -0.05) is 35.9 Å². The Morgan fingerprint density at radius 3 is 2.17 bits per heavy atom. The first kappa shape index (κ1) is 21.4. The zero-order chi connectivity index (χ0) is 21.4. The second-order valence-electron chi connectivity index (χ2n) is 6.73. The van der Waals surface area contributed by atoms with E-state index in [0.717, 1.165) is 22.1 Å². The molecule has 0 bridgehead atoms. The highest BCUT2D eigenvalue weighted by Gasteiger charge is 2.04. The van der Waals surface area contributed by atoms with Crippen LogP contribution in [-0.2, 0) is 10.0 Å². The second kappa shape index (κ2) is 9.95. The van der Waals surface area contributed by atoms with E-state index in [-0.39, 0.29) is 6.54 Å². The van der Waals surface area contributed by atoms with Gasteiger partial charge in [0.15, 0.2) is 5.82 Å². The number of anilines is 3. The Labute approximate surface area is 176 Å². The Bertz CT molecular complexity index is 1080. The van der Waals surface area contributed by atoms with E-state index in [1.165, 1.54) is 0 Å². The molecule has 3 N–H and O–H groups in total. The van der Waals surface area contributed by atoms with Crippen molar-refractivity contribution in [3.8, 4) is 0 Å². The van der Waals surface area contributed by atoms with E-state index >= 15 is 0 Å². The smallest absolute Gasteiger partial charge is 0.233 e. The zero-order valence-electron chi connectivity index (χ0n) is 16.8. The van der Waals surface area contributed by atoms with Gasteiger partial charge in [-0.15, -0.1) is 10.2 Å². The van der Waals surface area contributed by atoms with Gasteiger partial charge in [0.1, 0.15) is 11.6 Å². The van der Waals surface area contributed by atoms with E-state index in [4.69, 9.17) is 0 Å². The molecule has 156 valence electrons. The topological polar surface area (TPSA) is 109 Å². The first-order valence-electron chi connectivity index (χ1n) is 9.41. The van der Waals surface area contributed by atoms with Gasteiger partial charge in [0.25, 0.3) is 0 Å². The van der Waals surface area contributed by atoms with Crippen molar-refractivity contribution >= 4 is 33.6 Å². The second-order valence-corrected chi connectivity index (χ2v) is 8.38. The fourth-order valence-corrected chi connectivity index (χ4v) is 3.26. The number of hydrogen-bond acceptors (Lipinski definition) is 7. The predicted molar refractivity (Wildman–Crippen MR) is 120 cm³/mol. The lowest BCUT2D eigenvalue weighted by molar-refractivity contribution is 0.592. The normalized spacial score (nSPS) is 11.5. The molecule has 2 heterocycles. The molecule has 0 unspecified atom stereocenters. The van der Waals surface area contributed by atoms with E-state index in [1.807, 2.05) is 50.2 Å². The number of nitrogens with one attached hydrogen (secondary N) is 3. The van der Waals surface area contributed by atoms with Gasteiger partial charge >= 0.3 is 0 Å². The molecule has 30 heavy (non-hydrogen) atoms. The van der Waals surface area contributed by atoms with Gasteiger partial charge in [0.2, 0.25) is 10.0 Å². The molecule has 1 aromatic carbocycles. The molecule has 0 aliphatic carbocycles. The SMILES string of the molecule is Cc1ccc(/C=C/S(=O)(=O)NCCNc2ccc(Nc3ccc(C)cn3)nn2)cc1. The molecule has 0 radical (unpaired) electrons. The van der Waals surface area contributed by atoms with Crippen LogP contribution < -0.4 is 15.4 Å². The Balaban J connectivity index is 1.43. The summed E-state index contributed by atoms with van der Waals surface area (Å²) in [6, 6.07) is 15.0. The molecule has 8 nitrogen and oxygen atoms in total. The number of pyridine rings is 1.